The second kappa shape index (κ2) is 4.29. The summed E-state index contributed by atoms with van der Waals surface area (Å²) in [6.07, 6.45) is 5.41. The van der Waals surface area contributed by atoms with Crippen LogP contribution in [0.1, 0.15) is 18.4 Å². The van der Waals surface area contributed by atoms with Gasteiger partial charge >= 0.3 is 0 Å². The fraction of sp³-hybridized carbons (Fsp3) is 0.455. The van der Waals surface area contributed by atoms with Crippen LogP contribution in [-0.2, 0) is 11.2 Å². The van der Waals surface area contributed by atoms with Crippen molar-refractivity contribution in [2.45, 2.75) is 19.3 Å². The molecule has 0 saturated carbocycles. The Morgan fingerprint density at radius 1 is 1.47 bits per heavy atom. The zero-order chi connectivity index (χ0) is 10.7. The van der Waals surface area contributed by atoms with E-state index < -0.39 is 0 Å². The van der Waals surface area contributed by atoms with Crippen LogP contribution in [0.2, 0.25) is 0 Å². The Hall–Kier alpha value is -1.58. The van der Waals surface area contributed by atoms with Crippen LogP contribution in [0.15, 0.2) is 24.5 Å². The van der Waals surface area contributed by atoms with Crippen molar-refractivity contribution >= 4 is 5.91 Å². The Morgan fingerprint density at radius 3 is 2.87 bits per heavy atom. The zero-order valence-electron chi connectivity index (χ0n) is 8.56. The summed E-state index contributed by atoms with van der Waals surface area (Å²) in [4.78, 5) is 13.6. The van der Waals surface area contributed by atoms with E-state index in [1.165, 1.54) is 12.4 Å². The highest BCUT2D eigenvalue weighted by Gasteiger charge is 2.18. The lowest BCUT2D eigenvalue weighted by molar-refractivity contribution is -0.605. The van der Waals surface area contributed by atoms with Gasteiger partial charge in [0.25, 0.3) is 0 Å². The molecule has 0 spiro atoms. The molecule has 1 aliphatic heterocycles. The van der Waals surface area contributed by atoms with E-state index in [-0.39, 0.29) is 5.91 Å². The van der Waals surface area contributed by atoms with Gasteiger partial charge in [0.2, 0.25) is 5.91 Å². The lowest BCUT2D eigenvalue weighted by Gasteiger charge is -2.14. The predicted octanol–water partition coefficient (Wildman–Crippen LogP) is 0.485. The van der Waals surface area contributed by atoms with Crippen molar-refractivity contribution in [3.05, 3.63) is 35.3 Å². The van der Waals surface area contributed by atoms with E-state index in [4.69, 9.17) is 0 Å². The third-order valence-corrected chi connectivity index (χ3v) is 2.65. The summed E-state index contributed by atoms with van der Waals surface area (Å²) in [5.74, 6) is 0.124. The van der Waals surface area contributed by atoms with Gasteiger partial charge in [0.15, 0.2) is 12.4 Å². The number of hydrogen-bond acceptors (Lipinski definition) is 2. The van der Waals surface area contributed by atoms with E-state index in [9.17, 15) is 10.0 Å². The van der Waals surface area contributed by atoms with Gasteiger partial charge in [-0.2, -0.15) is 4.73 Å². The van der Waals surface area contributed by atoms with Gasteiger partial charge in [-0.15, -0.1) is 0 Å². The van der Waals surface area contributed by atoms with Crippen LogP contribution in [0, 0.1) is 5.21 Å². The third kappa shape index (κ3) is 2.46. The minimum Gasteiger partial charge on any atom is -0.619 e. The molecule has 1 aliphatic rings. The number of aromatic nitrogens is 1. The van der Waals surface area contributed by atoms with Crippen LogP contribution in [0.4, 0.5) is 0 Å². The first-order valence-electron chi connectivity index (χ1n) is 5.21. The van der Waals surface area contributed by atoms with Gasteiger partial charge in [-0.1, -0.05) is 0 Å². The molecule has 2 heterocycles. The molecule has 0 aliphatic carbocycles. The first kappa shape index (κ1) is 9.96. The highest BCUT2D eigenvalue weighted by molar-refractivity contribution is 5.78. The molecule has 80 valence electrons. The maximum absolute atomic E-state index is 11.7. The summed E-state index contributed by atoms with van der Waals surface area (Å²) < 4.78 is 0.729. The number of amides is 1. The van der Waals surface area contributed by atoms with Crippen molar-refractivity contribution in [3.8, 4) is 0 Å². The second-order valence-corrected chi connectivity index (χ2v) is 3.84. The molecule has 1 amide bonds. The molecule has 0 aromatic carbocycles. The number of carbonyl (C=O) groups is 1. The molecule has 4 heteroatoms. The van der Waals surface area contributed by atoms with Gasteiger partial charge in [-0.05, 0) is 18.9 Å². The molecule has 1 saturated heterocycles. The SMILES string of the molecule is O=C(Cc1ccc[n+]([O-])c1)N1CCCC1. The monoisotopic (exact) mass is 206 g/mol. The minimum absolute atomic E-state index is 0.124. The summed E-state index contributed by atoms with van der Waals surface area (Å²) in [6, 6.07) is 3.47. The fourth-order valence-electron chi connectivity index (χ4n) is 1.86. The van der Waals surface area contributed by atoms with Crippen LogP contribution in [-0.4, -0.2) is 23.9 Å². The highest BCUT2D eigenvalue weighted by atomic mass is 16.5. The number of likely N-dealkylation sites (tertiary alicyclic amines) is 1. The van der Waals surface area contributed by atoms with E-state index in [1.54, 1.807) is 6.07 Å². The third-order valence-electron chi connectivity index (χ3n) is 2.65. The summed E-state index contributed by atoms with van der Waals surface area (Å²) in [5.41, 5.74) is 0.782. The van der Waals surface area contributed by atoms with Gasteiger partial charge < -0.3 is 10.1 Å². The van der Waals surface area contributed by atoms with Crippen molar-refractivity contribution in [2.75, 3.05) is 13.1 Å². The first-order valence-corrected chi connectivity index (χ1v) is 5.21. The number of pyridine rings is 1. The lowest BCUT2D eigenvalue weighted by atomic mass is 10.2. The topological polar surface area (TPSA) is 47.2 Å². The molecule has 0 radical (unpaired) electrons. The molecule has 2 rings (SSSR count). The molecule has 1 fully saturated rings. The lowest BCUT2D eigenvalue weighted by Crippen LogP contribution is -2.30. The summed E-state index contributed by atoms with van der Waals surface area (Å²) in [7, 11) is 0. The minimum atomic E-state index is 0.124. The molecular weight excluding hydrogens is 192 g/mol. The van der Waals surface area contributed by atoms with E-state index in [1.807, 2.05) is 11.0 Å². The molecule has 15 heavy (non-hydrogen) atoms. The maximum atomic E-state index is 11.7. The van der Waals surface area contributed by atoms with Gasteiger partial charge in [0.1, 0.15) is 0 Å². The summed E-state index contributed by atoms with van der Waals surface area (Å²) >= 11 is 0. The zero-order valence-corrected chi connectivity index (χ0v) is 8.56. The average Bonchev–Trinajstić information content (AvgIpc) is 2.70. The van der Waals surface area contributed by atoms with Crippen LogP contribution in [0.5, 0.6) is 0 Å². The van der Waals surface area contributed by atoms with Gasteiger partial charge in [-0.3, -0.25) is 4.79 Å². The smallest absolute Gasteiger partial charge is 0.227 e. The van der Waals surface area contributed by atoms with Crippen LogP contribution in [0.3, 0.4) is 0 Å². The van der Waals surface area contributed by atoms with Crippen molar-refractivity contribution in [1.29, 1.82) is 0 Å². The van der Waals surface area contributed by atoms with E-state index >= 15 is 0 Å². The van der Waals surface area contributed by atoms with Crippen molar-refractivity contribution < 1.29 is 9.52 Å². The summed E-state index contributed by atoms with van der Waals surface area (Å²) in [5, 5.41) is 11.0. The maximum Gasteiger partial charge on any atom is 0.227 e. The fourth-order valence-corrected chi connectivity index (χ4v) is 1.86. The van der Waals surface area contributed by atoms with Crippen molar-refractivity contribution in [1.82, 2.24) is 4.90 Å². The van der Waals surface area contributed by atoms with Crippen LogP contribution < -0.4 is 4.73 Å². The Morgan fingerprint density at radius 2 is 2.20 bits per heavy atom. The molecule has 0 bridgehead atoms. The quantitative estimate of drug-likeness (QED) is 0.522. The molecule has 0 unspecified atom stereocenters. The Kier molecular flexibility index (Phi) is 2.85. The molecule has 0 atom stereocenters. The van der Waals surface area contributed by atoms with E-state index in [0.717, 1.165) is 36.2 Å². The van der Waals surface area contributed by atoms with E-state index in [2.05, 4.69) is 0 Å². The highest BCUT2D eigenvalue weighted by Crippen LogP contribution is 2.09. The normalized spacial score (nSPS) is 15.6. The predicted molar refractivity (Wildman–Crippen MR) is 54.9 cm³/mol. The molecule has 0 N–H and O–H groups in total. The number of hydrogen-bond donors (Lipinski definition) is 0. The molecule has 1 aromatic rings. The van der Waals surface area contributed by atoms with E-state index in [0.29, 0.717) is 6.42 Å². The van der Waals surface area contributed by atoms with Crippen LogP contribution >= 0.6 is 0 Å². The van der Waals surface area contributed by atoms with Crippen molar-refractivity contribution in [3.63, 3.8) is 0 Å². The van der Waals surface area contributed by atoms with Gasteiger partial charge in [-0.25, -0.2) is 0 Å². The van der Waals surface area contributed by atoms with Crippen molar-refractivity contribution in [2.24, 2.45) is 0 Å². The Labute approximate surface area is 88.7 Å². The number of nitrogens with zero attached hydrogens (tertiary/aromatic N) is 2. The Bertz CT molecular complexity index is 359. The average molecular weight is 206 g/mol. The van der Waals surface area contributed by atoms with Gasteiger partial charge in [0.05, 0.1) is 6.42 Å². The standard InChI is InChI=1S/C11H14N2O2/c14-11(12-5-1-2-6-12)8-10-4-3-7-13(15)9-10/h3-4,7,9H,1-2,5-6,8H2. The molecule has 1 aromatic heterocycles. The Balaban J connectivity index is 1.99. The number of rotatable bonds is 2. The second-order valence-electron chi connectivity index (χ2n) is 3.84. The molecule has 4 nitrogen and oxygen atoms in total. The largest absolute Gasteiger partial charge is 0.619 e. The number of carbonyl (C=O) groups excluding carboxylic acids is 1. The first-order chi connectivity index (χ1) is 7.25. The van der Waals surface area contributed by atoms with Gasteiger partial charge in [0, 0.05) is 24.7 Å². The van der Waals surface area contributed by atoms with Crippen LogP contribution in [0.25, 0.3) is 0 Å². The molecular formula is C11H14N2O2. The summed E-state index contributed by atoms with van der Waals surface area (Å²) in [6.45, 7) is 1.73.